The number of nitrogens with one attached hydrogen (secondary N) is 2. The summed E-state index contributed by atoms with van der Waals surface area (Å²) in [6.07, 6.45) is 4.89. The molecule has 2 aliphatic carbocycles. The highest BCUT2D eigenvalue weighted by atomic mass is 16.5. The first kappa shape index (κ1) is 36.6. The smallest absolute Gasteiger partial charge is 0.110 e. The molecular weight excluding hydrogens is 504 g/mol. The fourth-order valence-electron chi connectivity index (χ4n) is 5.10. The van der Waals surface area contributed by atoms with Gasteiger partial charge < -0.3 is 50.7 Å². The fourth-order valence-corrected chi connectivity index (χ4v) is 5.10. The van der Waals surface area contributed by atoms with Gasteiger partial charge >= 0.3 is 0 Å². The minimum absolute atomic E-state index is 0. The van der Waals surface area contributed by atoms with E-state index in [0.29, 0.717) is 13.2 Å². The minimum atomic E-state index is -1.10. The highest BCUT2D eigenvalue weighted by Crippen LogP contribution is 2.33. The molecule has 0 unspecified atom stereocenters. The molecule has 234 valence electrons. The number of unbranched alkanes of at least 4 members (excludes halogenated alkanes) is 7. The van der Waals surface area contributed by atoms with E-state index < -0.39 is 36.6 Å². The molecule has 10 heteroatoms. The zero-order valence-corrected chi connectivity index (χ0v) is 23.9. The molecule has 8 N–H and O–H groups in total. The lowest BCUT2D eigenvalue weighted by atomic mass is 9.89. The summed E-state index contributed by atoms with van der Waals surface area (Å²) in [5.74, 6) is 0. The molecule has 0 amide bonds. The summed E-state index contributed by atoms with van der Waals surface area (Å²) in [5.41, 5.74) is 0. The SMILES string of the molecule is C.CCCC.CCCCCCO[C@@H]1[C@@H](O)[C@H](O)[C@@H](O)[C@H]2N[C@H]21.CCCCCCO[C@H]1[C@H](O)[C@@H](O)[C@H](O)[C@H]2N[C@H]21. The van der Waals surface area contributed by atoms with Gasteiger partial charge in [0.05, 0.1) is 36.4 Å². The van der Waals surface area contributed by atoms with Gasteiger partial charge in [-0.3, -0.25) is 0 Å². The van der Waals surface area contributed by atoms with Gasteiger partial charge in [-0.05, 0) is 12.8 Å². The van der Waals surface area contributed by atoms with Crippen LogP contribution in [0.25, 0.3) is 0 Å². The molecule has 2 heterocycles. The van der Waals surface area contributed by atoms with Crippen LogP contribution in [0.2, 0.25) is 0 Å². The Morgan fingerprint density at radius 1 is 0.436 bits per heavy atom. The molecule has 12 atom stereocenters. The van der Waals surface area contributed by atoms with Crippen LogP contribution < -0.4 is 10.6 Å². The average Bonchev–Trinajstić information content (AvgIpc) is 3.85. The van der Waals surface area contributed by atoms with E-state index in [1.165, 1.54) is 38.5 Å². The van der Waals surface area contributed by atoms with Crippen LogP contribution >= 0.6 is 0 Å². The summed E-state index contributed by atoms with van der Waals surface area (Å²) >= 11 is 0. The number of aliphatic hydroxyl groups excluding tert-OH is 6. The maximum atomic E-state index is 9.83. The van der Waals surface area contributed by atoms with Crippen LogP contribution in [-0.4, -0.2) is 117 Å². The lowest BCUT2D eigenvalue weighted by Gasteiger charge is -2.33. The first-order valence-corrected chi connectivity index (χ1v) is 15.1. The van der Waals surface area contributed by atoms with Crippen molar-refractivity contribution in [2.24, 2.45) is 0 Å². The molecule has 4 fully saturated rings. The average molecular weight is 565 g/mol. The number of aliphatic hydroxyl groups is 6. The summed E-state index contributed by atoms with van der Waals surface area (Å²) < 4.78 is 11.3. The molecule has 39 heavy (non-hydrogen) atoms. The van der Waals surface area contributed by atoms with Crippen molar-refractivity contribution < 1.29 is 40.1 Å². The largest absolute Gasteiger partial charge is 0.389 e. The number of fused-ring (bicyclic) bond motifs is 2. The van der Waals surface area contributed by atoms with Crippen molar-refractivity contribution in [3.63, 3.8) is 0 Å². The van der Waals surface area contributed by atoms with Crippen LogP contribution in [-0.2, 0) is 9.47 Å². The molecule has 0 radical (unpaired) electrons. The Bertz CT molecular complexity index is 580. The molecule has 2 saturated carbocycles. The third-order valence-corrected chi connectivity index (χ3v) is 7.96. The first-order chi connectivity index (χ1) is 18.2. The maximum absolute atomic E-state index is 9.83. The second kappa shape index (κ2) is 18.9. The van der Waals surface area contributed by atoms with Gasteiger partial charge in [-0.25, -0.2) is 0 Å². The highest BCUT2D eigenvalue weighted by molar-refractivity contribution is 5.17. The number of ether oxygens (including phenoxy) is 2. The standard InChI is InChI=1S/2C12H23NO4.C4H10.CH4/c2*1-2-3-4-5-6-17-12-8-7(13-8)9(14)10(15)11(12)16;1-3-4-2;/h2*7-16H,2-6H2,1H3;3-4H2,1-2H3;1H4/t7-,8+,9+,10-,11+,12+;7-,8+,9-,10+,11-,12-;;/m00../s1. The first-order valence-electron chi connectivity index (χ1n) is 15.1. The van der Waals surface area contributed by atoms with Crippen molar-refractivity contribution in [1.82, 2.24) is 10.6 Å². The van der Waals surface area contributed by atoms with E-state index in [-0.39, 0.29) is 43.8 Å². The molecule has 2 aliphatic heterocycles. The molecule has 0 aromatic rings. The number of rotatable bonds is 13. The topological polar surface area (TPSA) is 184 Å². The van der Waals surface area contributed by atoms with Crippen molar-refractivity contribution >= 4 is 0 Å². The van der Waals surface area contributed by atoms with Gasteiger partial charge in [-0.2, -0.15) is 0 Å². The van der Waals surface area contributed by atoms with Gasteiger partial charge in [0, 0.05) is 13.2 Å². The Balaban J connectivity index is 0.000000336. The zero-order chi connectivity index (χ0) is 28.2. The van der Waals surface area contributed by atoms with Gasteiger partial charge in [0.2, 0.25) is 0 Å². The Hall–Kier alpha value is -0.400. The molecule has 0 spiro atoms. The van der Waals surface area contributed by atoms with E-state index >= 15 is 0 Å². The molecule has 0 aromatic heterocycles. The van der Waals surface area contributed by atoms with Gasteiger partial charge in [0.1, 0.15) is 36.6 Å². The quantitative estimate of drug-likeness (QED) is 0.120. The van der Waals surface area contributed by atoms with E-state index in [0.717, 1.165) is 25.7 Å². The molecule has 4 aliphatic rings. The Labute approximate surface area is 236 Å². The molecular formula is C29H60N2O8. The zero-order valence-electron chi connectivity index (χ0n) is 23.9. The van der Waals surface area contributed by atoms with Crippen molar-refractivity contribution in [2.75, 3.05) is 13.2 Å². The molecule has 10 nitrogen and oxygen atoms in total. The Kier molecular flexibility index (Phi) is 17.8. The van der Waals surface area contributed by atoms with E-state index in [9.17, 15) is 30.6 Å². The second-order valence-corrected chi connectivity index (χ2v) is 11.2. The molecule has 4 rings (SSSR count). The van der Waals surface area contributed by atoms with E-state index in [1.54, 1.807) is 0 Å². The van der Waals surface area contributed by atoms with E-state index in [2.05, 4.69) is 38.3 Å². The number of hydrogen-bond acceptors (Lipinski definition) is 10. The summed E-state index contributed by atoms with van der Waals surface area (Å²) in [4.78, 5) is 0. The normalized spacial score (nSPS) is 39.5. The van der Waals surface area contributed by atoms with Gasteiger partial charge in [-0.15, -0.1) is 0 Å². The summed E-state index contributed by atoms with van der Waals surface area (Å²) in [7, 11) is 0. The van der Waals surface area contributed by atoms with E-state index in [1.807, 2.05) is 0 Å². The lowest BCUT2D eigenvalue weighted by molar-refractivity contribution is -0.140. The minimum Gasteiger partial charge on any atom is -0.389 e. The summed E-state index contributed by atoms with van der Waals surface area (Å²) in [6.45, 7) is 9.88. The highest BCUT2D eigenvalue weighted by Gasteiger charge is 2.59. The third-order valence-electron chi connectivity index (χ3n) is 7.96. The summed E-state index contributed by atoms with van der Waals surface area (Å²) in [6, 6.07) is -0.243. The van der Waals surface area contributed by atoms with Gasteiger partial charge in [0.25, 0.3) is 0 Å². The van der Waals surface area contributed by atoms with Crippen LogP contribution in [0.3, 0.4) is 0 Å². The van der Waals surface area contributed by atoms with Crippen LogP contribution in [0.1, 0.15) is 99.3 Å². The molecule has 2 saturated heterocycles. The van der Waals surface area contributed by atoms with Crippen LogP contribution in [0.4, 0.5) is 0 Å². The van der Waals surface area contributed by atoms with Crippen molar-refractivity contribution in [1.29, 1.82) is 0 Å². The van der Waals surface area contributed by atoms with Crippen molar-refractivity contribution in [2.45, 2.75) is 172 Å². The third kappa shape index (κ3) is 10.7. The lowest BCUT2D eigenvalue weighted by Crippen LogP contribution is -2.54. The predicted octanol–water partition coefficient (Wildman–Crippen LogP) is 1.22. The fraction of sp³-hybridized carbons (Fsp3) is 1.00. The number of hydrogen-bond donors (Lipinski definition) is 8. The monoisotopic (exact) mass is 564 g/mol. The predicted molar refractivity (Wildman–Crippen MR) is 153 cm³/mol. The van der Waals surface area contributed by atoms with Gasteiger partial charge in [0.15, 0.2) is 0 Å². The van der Waals surface area contributed by atoms with Crippen LogP contribution in [0.15, 0.2) is 0 Å². The molecule has 0 aromatic carbocycles. The van der Waals surface area contributed by atoms with Gasteiger partial charge in [-0.1, -0.05) is 86.5 Å². The Morgan fingerprint density at radius 3 is 1.10 bits per heavy atom. The second-order valence-electron chi connectivity index (χ2n) is 11.2. The Morgan fingerprint density at radius 2 is 0.795 bits per heavy atom. The van der Waals surface area contributed by atoms with Crippen molar-refractivity contribution in [3.8, 4) is 0 Å². The van der Waals surface area contributed by atoms with Crippen LogP contribution in [0, 0.1) is 0 Å². The van der Waals surface area contributed by atoms with Crippen LogP contribution in [0.5, 0.6) is 0 Å². The molecule has 0 bridgehead atoms. The maximum Gasteiger partial charge on any atom is 0.110 e. The van der Waals surface area contributed by atoms with E-state index in [4.69, 9.17) is 9.47 Å². The summed E-state index contributed by atoms with van der Waals surface area (Å²) in [5, 5.41) is 64.2. The van der Waals surface area contributed by atoms with Crippen molar-refractivity contribution in [3.05, 3.63) is 0 Å².